The van der Waals surface area contributed by atoms with Gasteiger partial charge in [0.05, 0.1) is 54.9 Å². The number of ketones is 1. The highest BCUT2D eigenvalue weighted by atomic mass is 16.7. The van der Waals surface area contributed by atoms with E-state index in [-0.39, 0.29) is 61.4 Å². The minimum Gasteiger partial charge on any atom is -0.464 e. The van der Waals surface area contributed by atoms with Crippen molar-refractivity contribution in [2.24, 2.45) is 16.7 Å². The summed E-state index contributed by atoms with van der Waals surface area (Å²) in [4.78, 5) is 119. The molecule has 4 amide bonds. The van der Waals surface area contributed by atoms with Gasteiger partial charge in [0.25, 0.3) is 0 Å². The first-order chi connectivity index (χ1) is 39.4. The van der Waals surface area contributed by atoms with Crippen molar-refractivity contribution in [2.75, 3.05) is 39.5 Å². The molecule has 25 nitrogen and oxygen atoms in total. The van der Waals surface area contributed by atoms with Gasteiger partial charge in [0.2, 0.25) is 17.7 Å². The van der Waals surface area contributed by atoms with Crippen LogP contribution in [0, 0.1) is 16.7 Å². The summed E-state index contributed by atoms with van der Waals surface area (Å²) in [6.07, 6.45) is -13.5. The van der Waals surface area contributed by atoms with Crippen molar-refractivity contribution >= 4 is 53.5 Å². The largest absolute Gasteiger partial charge is 0.464 e. The van der Waals surface area contributed by atoms with Gasteiger partial charge in [0, 0.05) is 38.6 Å². The van der Waals surface area contributed by atoms with Crippen LogP contribution < -0.4 is 21.3 Å². The first kappa shape index (κ1) is 66.3. The van der Waals surface area contributed by atoms with E-state index in [0.717, 1.165) is 6.92 Å². The van der Waals surface area contributed by atoms with Crippen LogP contribution in [0.25, 0.3) is 0 Å². The van der Waals surface area contributed by atoms with E-state index in [0.29, 0.717) is 12.8 Å². The van der Waals surface area contributed by atoms with Crippen molar-refractivity contribution in [3.8, 4) is 0 Å². The standard InChI is InChI=1S/C59H80N4O21/c1-11-78-52(73)37(62-41(67)28-61-33(3)64)24-18-19-25-60-42(68)29-77-30-43(69)81-47(45(35-20-14-12-15-21-35)63-54(75)84-55(5,6)7)53(74)80-38-27-59(76)50(82-51(72)36-22-16-13-17-23-36)48-57(10,49(71)46(70)44(32(38)2)56(59,8)9)39(66)26-40-58(48,31-79-40)83-34(4)65/h12-17,20-23,37-40,45-48,50,53,66,70,74,76H,11,18-19,24-31H2,1-10H3,(H,60,68)(H,61,64)(H,62,67)(H,63,75)/t37-,38-,39-,40+,45?,46+,47+,48-,50-,53?,57+,58-,59+/m0/s1. The summed E-state index contributed by atoms with van der Waals surface area (Å²) in [5.74, 6) is -7.92. The number of alkyl carbamates (subject to hydrolysis) is 1. The Bertz CT molecular complexity index is 2770. The molecule has 2 unspecified atom stereocenters. The topological polar surface area (TPSA) is 357 Å². The van der Waals surface area contributed by atoms with Gasteiger partial charge in [-0.1, -0.05) is 62.4 Å². The fourth-order valence-corrected chi connectivity index (χ4v) is 11.9. The molecule has 2 bridgehead atoms. The summed E-state index contributed by atoms with van der Waals surface area (Å²) in [6.45, 7) is 12.6. The molecule has 2 saturated carbocycles. The van der Waals surface area contributed by atoms with E-state index >= 15 is 4.79 Å². The molecule has 0 aromatic heterocycles. The van der Waals surface area contributed by atoms with Gasteiger partial charge >= 0.3 is 30.0 Å². The second kappa shape index (κ2) is 27.4. The number of unbranched alkanes of at least 4 members (excludes halogenated alkanes) is 1. The number of aliphatic hydroxyl groups is 4. The van der Waals surface area contributed by atoms with E-state index in [4.69, 9.17) is 37.9 Å². The molecule has 462 valence electrons. The first-order valence-electron chi connectivity index (χ1n) is 27.9. The van der Waals surface area contributed by atoms with Gasteiger partial charge in [-0.2, -0.15) is 0 Å². The molecule has 6 rings (SSSR count). The van der Waals surface area contributed by atoms with Crippen LogP contribution in [-0.2, 0) is 71.5 Å². The summed E-state index contributed by atoms with van der Waals surface area (Å²) >= 11 is 0. The Morgan fingerprint density at radius 3 is 2.12 bits per heavy atom. The maximum absolute atomic E-state index is 15.3. The van der Waals surface area contributed by atoms with Crippen molar-refractivity contribution in [3.05, 3.63) is 82.9 Å². The van der Waals surface area contributed by atoms with Crippen molar-refractivity contribution in [1.82, 2.24) is 21.3 Å². The zero-order valence-corrected chi connectivity index (χ0v) is 49.1. The van der Waals surface area contributed by atoms with E-state index in [9.17, 15) is 58.8 Å². The van der Waals surface area contributed by atoms with Crippen LogP contribution in [0.5, 0.6) is 0 Å². The van der Waals surface area contributed by atoms with Gasteiger partial charge in [0.1, 0.15) is 48.8 Å². The maximum Gasteiger partial charge on any atom is 0.408 e. The second-order valence-corrected chi connectivity index (χ2v) is 23.3. The molecule has 4 aliphatic rings. The molecule has 25 heteroatoms. The van der Waals surface area contributed by atoms with Gasteiger partial charge in [-0.3, -0.25) is 24.0 Å². The fourth-order valence-electron chi connectivity index (χ4n) is 11.9. The molecule has 2 aromatic rings. The van der Waals surface area contributed by atoms with Gasteiger partial charge < -0.3 is 79.6 Å². The number of rotatable bonds is 24. The van der Waals surface area contributed by atoms with E-state index < -0.39 is 162 Å². The molecule has 1 heterocycles. The van der Waals surface area contributed by atoms with Crippen LogP contribution in [0.1, 0.15) is 123 Å². The number of hydrogen-bond acceptors (Lipinski definition) is 21. The number of hydrogen-bond donors (Lipinski definition) is 8. The Balaban J connectivity index is 1.30. The summed E-state index contributed by atoms with van der Waals surface area (Å²) in [7, 11) is 0. The number of esters is 4. The van der Waals surface area contributed by atoms with Gasteiger partial charge in [-0.25, -0.2) is 19.2 Å². The average molecular weight is 1180 g/mol. The van der Waals surface area contributed by atoms with Crippen LogP contribution in [0.15, 0.2) is 71.8 Å². The van der Waals surface area contributed by atoms with Crippen LogP contribution in [0.4, 0.5) is 4.79 Å². The smallest absolute Gasteiger partial charge is 0.408 e. The molecule has 3 aliphatic carbocycles. The predicted octanol–water partition coefficient (Wildman–Crippen LogP) is 2.09. The van der Waals surface area contributed by atoms with Crippen molar-refractivity contribution in [1.29, 1.82) is 0 Å². The number of aliphatic hydroxyl groups excluding tert-OH is 3. The summed E-state index contributed by atoms with van der Waals surface area (Å²) in [5.41, 5.74) is -8.94. The molecule has 1 saturated heterocycles. The third-order valence-electron chi connectivity index (χ3n) is 16.0. The van der Waals surface area contributed by atoms with E-state index in [1.165, 1.54) is 46.8 Å². The van der Waals surface area contributed by atoms with Crippen LogP contribution in [0.2, 0.25) is 0 Å². The van der Waals surface area contributed by atoms with Gasteiger partial charge in [-0.05, 0) is 89.6 Å². The minimum atomic E-state index is -2.47. The molecular formula is C59H80N4O21. The molecule has 0 radical (unpaired) electrons. The molecule has 8 N–H and O–H groups in total. The lowest BCUT2D eigenvalue weighted by Gasteiger charge is -2.67. The monoisotopic (exact) mass is 1180 g/mol. The molecule has 2 aromatic carbocycles. The highest BCUT2D eigenvalue weighted by Gasteiger charge is 2.78. The summed E-state index contributed by atoms with van der Waals surface area (Å²) in [5, 5.41) is 61.1. The lowest BCUT2D eigenvalue weighted by Crippen LogP contribution is -2.81. The van der Waals surface area contributed by atoms with E-state index in [1.54, 1.807) is 76.2 Å². The van der Waals surface area contributed by atoms with E-state index in [2.05, 4.69) is 21.3 Å². The van der Waals surface area contributed by atoms with Crippen LogP contribution >= 0.6 is 0 Å². The number of ether oxygens (including phenoxy) is 8. The quantitative estimate of drug-likeness (QED) is 0.0245. The molecular weight excluding hydrogens is 1100 g/mol. The Labute approximate surface area is 487 Å². The number of Topliss-reactive ketones (excluding diaryl/α,β-unsaturated/α-hetero) is 1. The first-order valence-corrected chi connectivity index (χ1v) is 27.9. The zero-order chi connectivity index (χ0) is 62.1. The number of amides is 4. The molecule has 84 heavy (non-hydrogen) atoms. The number of fused-ring (bicyclic) bond motifs is 5. The highest BCUT2D eigenvalue weighted by molar-refractivity contribution is 5.94. The Kier molecular flexibility index (Phi) is 21.7. The normalized spacial score (nSPS) is 27.4. The van der Waals surface area contributed by atoms with Crippen LogP contribution in [0.3, 0.4) is 0 Å². The lowest BCUT2D eigenvalue weighted by molar-refractivity contribution is -0.346. The Morgan fingerprint density at radius 2 is 1.52 bits per heavy atom. The Hall–Kier alpha value is -6.87. The minimum absolute atomic E-state index is 0.0260. The summed E-state index contributed by atoms with van der Waals surface area (Å²) in [6, 6.07) is 13.2. The third kappa shape index (κ3) is 14.8. The highest BCUT2D eigenvalue weighted by Crippen LogP contribution is 2.64. The molecule has 13 atom stereocenters. The number of carbonyl (C=O) groups excluding carboxylic acids is 9. The SMILES string of the molecule is CCOC(=O)[C@H](CCCCNC(=O)COCC(=O)O[C@@H](C(O)O[C@H]1C[C@@]2(O)[C@@H](OC(=O)c3ccccc3)[C@@H]3[C@]4(OC(C)=O)CO[C@@H]4C[C@H](O)[C@@]3(C)C(=O)[C@H](O)C(=C1C)C2(C)C)C(NC(=O)OC(C)(C)C)c1ccccc1)NC(=O)CNC(C)=O. The lowest BCUT2D eigenvalue weighted by atomic mass is 9.44. The molecule has 3 fully saturated rings. The number of nitrogens with one attached hydrogen (secondary N) is 4. The average Bonchev–Trinajstić information content (AvgIpc) is 0.681. The van der Waals surface area contributed by atoms with Gasteiger partial charge in [-0.15, -0.1) is 0 Å². The zero-order valence-electron chi connectivity index (χ0n) is 49.1. The van der Waals surface area contributed by atoms with E-state index in [1.807, 2.05) is 0 Å². The molecule has 1 aliphatic heterocycles. The van der Waals surface area contributed by atoms with Crippen LogP contribution in [-0.4, -0.2) is 179 Å². The molecule has 0 spiro atoms. The van der Waals surface area contributed by atoms with Crippen molar-refractivity contribution in [3.63, 3.8) is 0 Å². The van der Waals surface area contributed by atoms with Crippen molar-refractivity contribution < 1.29 is 101 Å². The fraction of sp³-hybridized carbons (Fsp3) is 0.610. The third-order valence-corrected chi connectivity index (χ3v) is 16.0. The number of carbonyl (C=O) groups is 9. The predicted molar refractivity (Wildman–Crippen MR) is 293 cm³/mol. The summed E-state index contributed by atoms with van der Waals surface area (Å²) < 4.78 is 46.9. The number of benzene rings is 2. The second-order valence-electron chi connectivity index (χ2n) is 23.3. The Morgan fingerprint density at radius 1 is 0.869 bits per heavy atom. The maximum atomic E-state index is 15.3. The van der Waals surface area contributed by atoms with Gasteiger partial charge in [0.15, 0.2) is 23.8 Å². The van der Waals surface area contributed by atoms with Crippen molar-refractivity contribution in [2.45, 2.75) is 173 Å².